The molecule has 0 N–H and O–H groups in total. The fourth-order valence-corrected chi connectivity index (χ4v) is 3.24. The van der Waals surface area contributed by atoms with Gasteiger partial charge >= 0.3 is 5.97 Å². The Hall–Kier alpha value is -3.66. The van der Waals surface area contributed by atoms with Crippen LogP contribution < -0.4 is 0 Å². The predicted octanol–water partition coefficient (Wildman–Crippen LogP) is 5.48. The number of aromatic nitrogens is 1. The molecule has 0 atom stereocenters. The van der Waals surface area contributed by atoms with Gasteiger partial charge in [-0.05, 0) is 65.7 Å². The number of nitrogens with zero attached hydrogens (tertiary/aromatic N) is 2. The minimum absolute atomic E-state index is 0.344. The van der Waals surface area contributed by atoms with E-state index in [1.165, 1.54) is 17.9 Å². The number of rotatable bonds is 4. The summed E-state index contributed by atoms with van der Waals surface area (Å²) < 4.78 is 6.87. The molecule has 0 aliphatic carbocycles. The SMILES string of the molecule is COC(=O)c1ccc(N=Cc2cccn2-c2ccc3ccccc3c2)c(C)c1. The number of methoxy groups -OCH3 is 1. The van der Waals surface area contributed by atoms with E-state index in [0.717, 1.165) is 22.6 Å². The van der Waals surface area contributed by atoms with Gasteiger partial charge in [0.2, 0.25) is 0 Å². The smallest absolute Gasteiger partial charge is 0.337 e. The molecule has 0 bridgehead atoms. The van der Waals surface area contributed by atoms with Crippen molar-refractivity contribution in [2.24, 2.45) is 4.99 Å². The highest BCUT2D eigenvalue weighted by Crippen LogP contribution is 2.22. The molecular weight excluding hydrogens is 348 g/mol. The second-order valence-corrected chi connectivity index (χ2v) is 6.59. The first-order chi connectivity index (χ1) is 13.7. The molecule has 28 heavy (non-hydrogen) atoms. The van der Waals surface area contributed by atoms with Crippen LogP contribution in [0.1, 0.15) is 21.6 Å². The topological polar surface area (TPSA) is 43.6 Å². The van der Waals surface area contributed by atoms with E-state index in [2.05, 4.69) is 39.9 Å². The summed E-state index contributed by atoms with van der Waals surface area (Å²) in [5.41, 5.74) is 4.33. The number of fused-ring (bicyclic) bond motifs is 1. The zero-order valence-electron chi connectivity index (χ0n) is 15.8. The normalized spacial score (nSPS) is 11.2. The lowest BCUT2D eigenvalue weighted by atomic mass is 10.1. The molecule has 0 aliphatic heterocycles. The molecule has 138 valence electrons. The van der Waals surface area contributed by atoms with Crippen LogP contribution in [-0.4, -0.2) is 23.9 Å². The highest BCUT2D eigenvalue weighted by Gasteiger charge is 2.07. The average Bonchev–Trinajstić information content (AvgIpc) is 3.20. The number of esters is 1. The Kier molecular flexibility index (Phi) is 4.77. The van der Waals surface area contributed by atoms with E-state index in [1.807, 2.05) is 49.7 Å². The number of aryl methyl sites for hydroxylation is 1. The van der Waals surface area contributed by atoms with E-state index in [0.29, 0.717) is 5.56 Å². The molecule has 0 spiro atoms. The van der Waals surface area contributed by atoms with Gasteiger partial charge in [-0.3, -0.25) is 4.99 Å². The van der Waals surface area contributed by atoms with Crippen LogP contribution in [0.4, 0.5) is 5.69 Å². The molecule has 4 heteroatoms. The van der Waals surface area contributed by atoms with Gasteiger partial charge in [0, 0.05) is 11.9 Å². The first-order valence-corrected chi connectivity index (χ1v) is 9.05. The number of aliphatic imine (C=N–C) groups is 1. The maximum Gasteiger partial charge on any atom is 0.337 e. The summed E-state index contributed by atoms with van der Waals surface area (Å²) in [6, 6.07) is 24.1. The monoisotopic (exact) mass is 368 g/mol. The maximum atomic E-state index is 11.7. The van der Waals surface area contributed by atoms with Crippen LogP contribution in [0.3, 0.4) is 0 Å². The average molecular weight is 368 g/mol. The highest BCUT2D eigenvalue weighted by molar-refractivity contribution is 5.90. The van der Waals surface area contributed by atoms with Crippen LogP contribution in [0.2, 0.25) is 0 Å². The minimum Gasteiger partial charge on any atom is -0.465 e. The molecule has 4 nitrogen and oxygen atoms in total. The molecular formula is C24H20N2O2. The summed E-state index contributed by atoms with van der Waals surface area (Å²) in [5, 5.41) is 2.42. The van der Waals surface area contributed by atoms with Gasteiger partial charge in [-0.1, -0.05) is 30.3 Å². The molecule has 4 aromatic rings. The van der Waals surface area contributed by atoms with E-state index in [1.54, 1.807) is 12.1 Å². The largest absolute Gasteiger partial charge is 0.465 e. The Bertz CT molecular complexity index is 1190. The van der Waals surface area contributed by atoms with Gasteiger partial charge in [-0.15, -0.1) is 0 Å². The third-order valence-electron chi connectivity index (χ3n) is 4.75. The number of benzene rings is 3. The number of carbonyl (C=O) groups excluding carboxylic acids is 1. The Balaban J connectivity index is 1.65. The van der Waals surface area contributed by atoms with Gasteiger partial charge in [-0.25, -0.2) is 4.79 Å². The molecule has 0 radical (unpaired) electrons. The maximum absolute atomic E-state index is 11.7. The first kappa shape index (κ1) is 17.7. The lowest BCUT2D eigenvalue weighted by Gasteiger charge is -2.08. The quantitative estimate of drug-likeness (QED) is 0.354. The molecule has 1 heterocycles. The summed E-state index contributed by atoms with van der Waals surface area (Å²) in [6.07, 6.45) is 3.87. The Morgan fingerprint density at radius 3 is 2.57 bits per heavy atom. The second kappa shape index (κ2) is 7.53. The molecule has 1 aromatic heterocycles. The van der Waals surface area contributed by atoms with Crippen molar-refractivity contribution in [3.63, 3.8) is 0 Å². The van der Waals surface area contributed by atoms with Crippen LogP contribution in [0.15, 0.2) is 84.0 Å². The number of carbonyl (C=O) groups is 1. The van der Waals surface area contributed by atoms with Crippen molar-refractivity contribution in [1.82, 2.24) is 4.57 Å². The molecule has 0 unspecified atom stereocenters. The lowest BCUT2D eigenvalue weighted by Crippen LogP contribution is -2.01. The van der Waals surface area contributed by atoms with Crippen molar-refractivity contribution in [3.05, 3.63) is 95.8 Å². The van der Waals surface area contributed by atoms with Crippen LogP contribution in [0, 0.1) is 6.92 Å². The van der Waals surface area contributed by atoms with Crippen molar-refractivity contribution in [3.8, 4) is 5.69 Å². The zero-order chi connectivity index (χ0) is 19.5. The van der Waals surface area contributed by atoms with E-state index in [9.17, 15) is 4.79 Å². The molecule has 0 aliphatic rings. The van der Waals surface area contributed by atoms with Crippen molar-refractivity contribution < 1.29 is 9.53 Å². The predicted molar refractivity (Wildman–Crippen MR) is 113 cm³/mol. The highest BCUT2D eigenvalue weighted by atomic mass is 16.5. The van der Waals surface area contributed by atoms with E-state index < -0.39 is 0 Å². The van der Waals surface area contributed by atoms with E-state index in [4.69, 9.17) is 4.74 Å². The van der Waals surface area contributed by atoms with E-state index >= 15 is 0 Å². The second-order valence-electron chi connectivity index (χ2n) is 6.59. The van der Waals surface area contributed by atoms with Gasteiger partial charge in [0.25, 0.3) is 0 Å². The Morgan fingerprint density at radius 2 is 1.79 bits per heavy atom. The molecule has 0 saturated heterocycles. The number of ether oxygens (including phenoxy) is 1. The molecule has 0 amide bonds. The van der Waals surface area contributed by atoms with Crippen LogP contribution in [0.5, 0.6) is 0 Å². The molecule has 3 aromatic carbocycles. The summed E-state index contributed by atoms with van der Waals surface area (Å²) in [5.74, 6) is -0.344. The fraction of sp³-hybridized carbons (Fsp3) is 0.0833. The summed E-state index contributed by atoms with van der Waals surface area (Å²) in [4.78, 5) is 16.3. The number of hydrogen-bond acceptors (Lipinski definition) is 3. The van der Waals surface area contributed by atoms with Crippen LogP contribution >= 0.6 is 0 Å². The molecule has 0 saturated carbocycles. The Morgan fingerprint density at radius 1 is 0.964 bits per heavy atom. The fourth-order valence-electron chi connectivity index (χ4n) is 3.24. The Labute approximate surface area is 163 Å². The molecule has 0 fully saturated rings. The summed E-state index contributed by atoms with van der Waals surface area (Å²) >= 11 is 0. The van der Waals surface area contributed by atoms with Gasteiger partial charge in [0.15, 0.2) is 0 Å². The lowest BCUT2D eigenvalue weighted by molar-refractivity contribution is 0.0600. The van der Waals surface area contributed by atoms with Crippen molar-refractivity contribution >= 4 is 28.6 Å². The third-order valence-corrected chi connectivity index (χ3v) is 4.75. The van der Waals surface area contributed by atoms with E-state index in [-0.39, 0.29) is 5.97 Å². The van der Waals surface area contributed by atoms with Crippen LogP contribution in [0.25, 0.3) is 16.5 Å². The zero-order valence-corrected chi connectivity index (χ0v) is 15.8. The molecule has 4 rings (SSSR count). The van der Waals surface area contributed by atoms with Crippen molar-refractivity contribution in [2.75, 3.05) is 7.11 Å². The van der Waals surface area contributed by atoms with Crippen molar-refractivity contribution in [1.29, 1.82) is 0 Å². The first-order valence-electron chi connectivity index (χ1n) is 9.05. The van der Waals surface area contributed by atoms with Gasteiger partial charge in [0.1, 0.15) is 0 Å². The van der Waals surface area contributed by atoms with Gasteiger partial charge in [-0.2, -0.15) is 0 Å². The minimum atomic E-state index is -0.344. The summed E-state index contributed by atoms with van der Waals surface area (Å²) in [7, 11) is 1.38. The third kappa shape index (κ3) is 3.45. The van der Waals surface area contributed by atoms with Crippen LogP contribution in [-0.2, 0) is 4.74 Å². The van der Waals surface area contributed by atoms with Gasteiger partial charge in [0.05, 0.1) is 30.3 Å². The standard InChI is InChI=1S/C24H20N2O2/c1-17-14-20(24(27)28-2)10-12-23(17)25-16-22-8-5-13-26(22)21-11-9-18-6-3-4-7-19(18)15-21/h3-16H,1-2H3. The number of hydrogen-bond donors (Lipinski definition) is 0. The van der Waals surface area contributed by atoms with Crippen molar-refractivity contribution in [2.45, 2.75) is 6.92 Å². The van der Waals surface area contributed by atoms with Gasteiger partial charge < -0.3 is 9.30 Å². The summed E-state index contributed by atoms with van der Waals surface area (Å²) in [6.45, 7) is 1.93.